The smallest absolute Gasteiger partial charge is 0.362 e. The number of rotatable bonds is 7. The summed E-state index contributed by atoms with van der Waals surface area (Å²) in [6, 6.07) is 0. The minimum atomic E-state index is -4.39. The number of carbonyl (C=O) groups excluding carboxylic acids is 1. The first-order valence-electron chi connectivity index (χ1n) is 5.48. The third kappa shape index (κ3) is 5.88. The zero-order chi connectivity index (χ0) is 12.9. The molecule has 1 saturated carbocycles. The lowest BCUT2D eigenvalue weighted by atomic mass is 10.0. The maximum absolute atomic E-state index is 11.7. The van der Waals surface area contributed by atoms with Gasteiger partial charge in [0.15, 0.2) is 0 Å². The van der Waals surface area contributed by atoms with Gasteiger partial charge >= 0.3 is 6.18 Å². The Balaban J connectivity index is 2.10. The normalized spacial score (nSPS) is 17.9. The highest BCUT2D eigenvalue weighted by Gasteiger charge is 2.41. The lowest BCUT2D eigenvalue weighted by Gasteiger charge is -2.15. The average Bonchev–Trinajstić information content (AvgIpc) is 2.94. The minimum absolute atomic E-state index is 0.0778. The van der Waals surface area contributed by atoms with Gasteiger partial charge in [-0.25, -0.2) is 0 Å². The molecule has 0 aromatic rings. The standard InChI is InChI=1S/C10H17F3N2O2/c11-10(12,13)7-17-5-8(16)15-6-9(1-2-9)3-4-14/h1-7,14H2,(H,15,16). The molecule has 4 nitrogen and oxygen atoms in total. The fourth-order valence-electron chi connectivity index (χ4n) is 1.59. The molecule has 0 spiro atoms. The third-order valence-corrected chi connectivity index (χ3v) is 2.79. The van der Waals surface area contributed by atoms with Crippen molar-refractivity contribution in [1.82, 2.24) is 5.32 Å². The van der Waals surface area contributed by atoms with Crippen LogP contribution in [0.15, 0.2) is 0 Å². The number of carbonyl (C=O) groups is 1. The van der Waals surface area contributed by atoms with Crippen molar-refractivity contribution in [1.29, 1.82) is 0 Å². The van der Waals surface area contributed by atoms with Gasteiger partial charge in [-0.05, 0) is 31.2 Å². The largest absolute Gasteiger partial charge is 0.411 e. The van der Waals surface area contributed by atoms with E-state index in [1.165, 1.54) is 0 Å². The molecule has 1 fully saturated rings. The van der Waals surface area contributed by atoms with Crippen LogP contribution in [0.2, 0.25) is 0 Å². The molecule has 1 amide bonds. The Bertz CT molecular complexity index is 265. The van der Waals surface area contributed by atoms with Crippen LogP contribution >= 0.6 is 0 Å². The van der Waals surface area contributed by atoms with E-state index in [9.17, 15) is 18.0 Å². The highest BCUT2D eigenvalue weighted by Crippen LogP contribution is 2.47. The SMILES string of the molecule is NCCC1(CNC(=O)COCC(F)(F)F)CC1. The molecule has 1 aliphatic carbocycles. The Morgan fingerprint density at radius 2 is 2.06 bits per heavy atom. The van der Waals surface area contributed by atoms with E-state index in [0.29, 0.717) is 13.1 Å². The quantitative estimate of drug-likeness (QED) is 0.706. The summed E-state index contributed by atoms with van der Waals surface area (Å²) < 4.78 is 39.4. The predicted molar refractivity (Wildman–Crippen MR) is 55.2 cm³/mol. The van der Waals surface area contributed by atoms with Gasteiger partial charge < -0.3 is 15.8 Å². The number of halogens is 3. The van der Waals surface area contributed by atoms with Crippen LogP contribution in [0.4, 0.5) is 13.2 Å². The molecule has 0 aromatic carbocycles. The summed E-state index contributed by atoms with van der Waals surface area (Å²) in [4.78, 5) is 11.2. The molecular formula is C10H17F3N2O2. The minimum Gasteiger partial charge on any atom is -0.362 e. The number of hydrogen-bond acceptors (Lipinski definition) is 3. The molecule has 17 heavy (non-hydrogen) atoms. The number of nitrogens with two attached hydrogens (primary N) is 1. The second-order valence-electron chi connectivity index (χ2n) is 4.42. The average molecular weight is 254 g/mol. The fourth-order valence-corrected chi connectivity index (χ4v) is 1.59. The van der Waals surface area contributed by atoms with Gasteiger partial charge in [0, 0.05) is 6.54 Å². The number of hydrogen-bond donors (Lipinski definition) is 2. The first-order chi connectivity index (χ1) is 7.87. The van der Waals surface area contributed by atoms with Gasteiger partial charge in [0.2, 0.25) is 5.91 Å². The van der Waals surface area contributed by atoms with Crippen molar-refractivity contribution in [3.8, 4) is 0 Å². The van der Waals surface area contributed by atoms with Crippen LogP contribution in [0.1, 0.15) is 19.3 Å². The van der Waals surface area contributed by atoms with Crippen molar-refractivity contribution >= 4 is 5.91 Å². The van der Waals surface area contributed by atoms with Crippen molar-refractivity contribution in [3.63, 3.8) is 0 Å². The third-order valence-electron chi connectivity index (χ3n) is 2.79. The zero-order valence-electron chi connectivity index (χ0n) is 9.48. The lowest BCUT2D eigenvalue weighted by molar-refractivity contribution is -0.175. The van der Waals surface area contributed by atoms with Gasteiger partial charge in [-0.3, -0.25) is 4.79 Å². The van der Waals surface area contributed by atoms with Gasteiger partial charge in [0.1, 0.15) is 13.2 Å². The van der Waals surface area contributed by atoms with Crippen LogP contribution in [0.3, 0.4) is 0 Å². The topological polar surface area (TPSA) is 64.3 Å². The van der Waals surface area contributed by atoms with E-state index in [0.717, 1.165) is 19.3 Å². The summed E-state index contributed by atoms with van der Waals surface area (Å²) in [6.45, 7) is -0.925. The van der Waals surface area contributed by atoms with E-state index in [1.54, 1.807) is 0 Å². The van der Waals surface area contributed by atoms with Crippen LogP contribution in [-0.4, -0.2) is 38.4 Å². The Morgan fingerprint density at radius 3 is 2.53 bits per heavy atom. The Labute approximate surface area is 97.7 Å². The van der Waals surface area contributed by atoms with Gasteiger partial charge in [-0.2, -0.15) is 13.2 Å². The van der Waals surface area contributed by atoms with Gasteiger partial charge in [-0.15, -0.1) is 0 Å². The highest BCUT2D eigenvalue weighted by atomic mass is 19.4. The van der Waals surface area contributed by atoms with E-state index in [4.69, 9.17) is 5.73 Å². The number of amides is 1. The van der Waals surface area contributed by atoms with Crippen molar-refractivity contribution in [3.05, 3.63) is 0 Å². The van der Waals surface area contributed by atoms with Crippen LogP contribution in [0, 0.1) is 5.41 Å². The molecule has 0 aromatic heterocycles. The summed E-state index contributed by atoms with van der Waals surface area (Å²) in [6.07, 6.45) is -1.55. The van der Waals surface area contributed by atoms with Crippen LogP contribution < -0.4 is 11.1 Å². The zero-order valence-corrected chi connectivity index (χ0v) is 9.48. The Morgan fingerprint density at radius 1 is 1.41 bits per heavy atom. The molecule has 3 N–H and O–H groups in total. The van der Waals surface area contributed by atoms with Crippen molar-refractivity contribution in [2.45, 2.75) is 25.4 Å². The molecule has 1 aliphatic rings. The highest BCUT2D eigenvalue weighted by molar-refractivity contribution is 5.77. The lowest BCUT2D eigenvalue weighted by Crippen LogP contribution is -2.34. The van der Waals surface area contributed by atoms with Crippen molar-refractivity contribution in [2.75, 3.05) is 26.3 Å². The van der Waals surface area contributed by atoms with Crippen LogP contribution in [-0.2, 0) is 9.53 Å². The summed E-state index contributed by atoms with van der Waals surface area (Å²) in [7, 11) is 0. The molecule has 7 heteroatoms. The monoisotopic (exact) mass is 254 g/mol. The van der Waals surface area contributed by atoms with Gasteiger partial charge in [-0.1, -0.05) is 0 Å². The maximum Gasteiger partial charge on any atom is 0.411 e. The molecule has 0 heterocycles. The van der Waals surface area contributed by atoms with Crippen molar-refractivity contribution < 1.29 is 22.7 Å². The van der Waals surface area contributed by atoms with Gasteiger partial charge in [0.05, 0.1) is 0 Å². The summed E-state index contributed by atoms with van der Waals surface area (Å²) in [5.74, 6) is -0.516. The summed E-state index contributed by atoms with van der Waals surface area (Å²) >= 11 is 0. The Hall–Kier alpha value is -0.820. The molecule has 0 saturated heterocycles. The fraction of sp³-hybridized carbons (Fsp3) is 0.900. The van der Waals surface area contributed by atoms with E-state index in [2.05, 4.69) is 10.1 Å². The van der Waals surface area contributed by atoms with Crippen LogP contribution in [0.5, 0.6) is 0 Å². The molecule has 0 radical (unpaired) electrons. The van der Waals surface area contributed by atoms with E-state index in [1.807, 2.05) is 0 Å². The van der Waals surface area contributed by atoms with Crippen LogP contribution in [0.25, 0.3) is 0 Å². The summed E-state index contributed by atoms with van der Waals surface area (Å²) in [5, 5.41) is 2.57. The molecule has 0 unspecified atom stereocenters. The molecule has 0 bridgehead atoms. The van der Waals surface area contributed by atoms with E-state index in [-0.39, 0.29) is 5.41 Å². The molecule has 1 rings (SSSR count). The first kappa shape index (κ1) is 14.2. The number of nitrogens with one attached hydrogen (secondary N) is 1. The van der Waals surface area contributed by atoms with Crippen molar-refractivity contribution in [2.24, 2.45) is 11.1 Å². The number of ether oxygens (including phenoxy) is 1. The molecule has 100 valence electrons. The molecule has 0 atom stereocenters. The Kier molecular flexibility index (Phi) is 4.76. The second-order valence-corrected chi connectivity index (χ2v) is 4.42. The molecular weight excluding hydrogens is 237 g/mol. The van der Waals surface area contributed by atoms with Gasteiger partial charge in [0.25, 0.3) is 0 Å². The first-order valence-corrected chi connectivity index (χ1v) is 5.48. The maximum atomic E-state index is 11.7. The number of alkyl halides is 3. The van der Waals surface area contributed by atoms with E-state index < -0.39 is 25.3 Å². The molecule has 0 aliphatic heterocycles. The predicted octanol–water partition coefficient (Wildman–Crippen LogP) is 0.810. The summed E-state index contributed by atoms with van der Waals surface area (Å²) in [5.41, 5.74) is 5.50. The second kappa shape index (κ2) is 5.68. The van der Waals surface area contributed by atoms with E-state index >= 15 is 0 Å².